The van der Waals surface area contributed by atoms with Crippen LogP contribution in [0.15, 0.2) is 53.8 Å². The highest BCUT2D eigenvalue weighted by Gasteiger charge is 2.35. The number of nitroso groups, excluding NO2 is 1. The Kier molecular flexibility index (Phi) is 7.53. The van der Waals surface area contributed by atoms with Crippen LogP contribution in [0.3, 0.4) is 0 Å². The normalized spacial score (nSPS) is 13.1. The molecule has 0 radical (unpaired) electrons. The zero-order valence-electron chi connectivity index (χ0n) is 19.8. The molecule has 1 aliphatic heterocycles. The number of halogens is 4. The fraction of sp³-hybridized carbons (Fsp3) is 0.280. The SMILES string of the molecule is CC(C)Oc1ccc(NC(=O)c2cccc3c2OCCN3c2ncc(CN=O)cc2Cl)cc1C(F)(F)F. The smallest absolute Gasteiger partial charge is 0.420 e. The molecule has 4 rings (SSSR count). The summed E-state index contributed by atoms with van der Waals surface area (Å²) in [6, 6.07) is 9.77. The number of benzene rings is 2. The number of carbonyl (C=O) groups excluding carboxylic acids is 1. The van der Waals surface area contributed by atoms with E-state index < -0.39 is 23.8 Å². The molecule has 0 bridgehead atoms. The summed E-state index contributed by atoms with van der Waals surface area (Å²) < 4.78 is 51.9. The van der Waals surface area contributed by atoms with E-state index in [-0.39, 0.29) is 40.9 Å². The Bertz CT molecular complexity index is 1330. The lowest BCUT2D eigenvalue weighted by molar-refractivity contribution is -0.139. The van der Waals surface area contributed by atoms with Gasteiger partial charge < -0.3 is 19.7 Å². The van der Waals surface area contributed by atoms with Crippen molar-refractivity contribution in [1.29, 1.82) is 0 Å². The first-order valence-electron chi connectivity index (χ1n) is 11.2. The van der Waals surface area contributed by atoms with Gasteiger partial charge in [0.25, 0.3) is 5.91 Å². The Labute approximate surface area is 215 Å². The van der Waals surface area contributed by atoms with Gasteiger partial charge in [0.15, 0.2) is 11.6 Å². The number of carbonyl (C=O) groups is 1. The molecule has 1 aromatic heterocycles. The van der Waals surface area contributed by atoms with Crippen LogP contribution in [0.5, 0.6) is 11.5 Å². The van der Waals surface area contributed by atoms with Crippen LogP contribution in [0.25, 0.3) is 0 Å². The number of alkyl halides is 3. The van der Waals surface area contributed by atoms with E-state index >= 15 is 0 Å². The van der Waals surface area contributed by atoms with Gasteiger partial charge in [0.1, 0.15) is 18.9 Å². The van der Waals surface area contributed by atoms with Gasteiger partial charge in [0.05, 0.1) is 34.5 Å². The molecule has 0 aliphatic carbocycles. The Morgan fingerprint density at radius 2 is 2.05 bits per heavy atom. The van der Waals surface area contributed by atoms with Gasteiger partial charge in [-0.1, -0.05) is 22.8 Å². The standard InChI is InChI=1S/C25H22ClF3N4O4/c1-14(2)37-21-7-6-16(11-18(21)25(27,28)29)32-24(34)17-4-3-5-20-22(17)36-9-8-33(20)23-19(26)10-15(12-30-23)13-31-35/h3-7,10-12,14H,8-9,13H2,1-2H3,(H,32,34). The van der Waals surface area contributed by atoms with Gasteiger partial charge in [-0.3, -0.25) is 4.79 Å². The van der Waals surface area contributed by atoms with Crippen molar-refractivity contribution in [3.63, 3.8) is 0 Å². The molecule has 0 fully saturated rings. The summed E-state index contributed by atoms with van der Waals surface area (Å²) >= 11 is 6.40. The van der Waals surface area contributed by atoms with E-state index in [4.69, 9.17) is 21.1 Å². The van der Waals surface area contributed by atoms with E-state index in [1.165, 1.54) is 24.4 Å². The predicted molar refractivity (Wildman–Crippen MR) is 133 cm³/mol. The van der Waals surface area contributed by atoms with Crippen LogP contribution < -0.4 is 19.7 Å². The highest BCUT2D eigenvalue weighted by Crippen LogP contribution is 2.42. The van der Waals surface area contributed by atoms with Crippen molar-refractivity contribution in [3.05, 3.63) is 75.3 Å². The minimum absolute atomic E-state index is 0.0530. The molecular weight excluding hydrogens is 513 g/mol. The lowest BCUT2D eigenvalue weighted by Gasteiger charge is -2.32. The van der Waals surface area contributed by atoms with Gasteiger partial charge in [-0.15, -0.1) is 0 Å². The number of hydrogen-bond donors (Lipinski definition) is 1. The first-order valence-corrected chi connectivity index (χ1v) is 11.6. The van der Waals surface area contributed by atoms with E-state index in [9.17, 15) is 22.9 Å². The molecule has 194 valence electrons. The number of para-hydroxylation sites is 1. The summed E-state index contributed by atoms with van der Waals surface area (Å²) in [5.41, 5.74) is 0.129. The molecule has 1 aliphatic rings. The molecule has 12 heteroatoms. The largest absolute Gasteiger partial charge is 0.490 e. The Morgan fingerprint density at radius 3 is 2.73 bits per heavy atom. The lowest BCUT2D eigenvalue weighted by atomic mass is 10.1. The number of nitrogens with zero attached hydrogens (tertiary/aromatic N) is 3. The van der Waals surface area contributed by atoms with Crippen LogP contribution in [0.4, 0.5) is 30.4 Å². The number of aromatic nitrogens is 1. The number of nitrogens with one attached hydrogen (secondary N) is 1. The summed E-state index contributed by atoms with van der Waals surface area (Å²) in [6.07, 6.45) is -3.65. The number of amides is 1. The van der Waals surface area contributed by atoms with Crippen molar-refractivity contribution in [3.8, 4) is 11.5 Å². The molecule has 0 atom stereocenters. The average Bonchev–Trinajstić information content (AvgIpc) is 2.83. The first kappa shape index (κ1) is 26.2. The van der Waals surface area contributed by atoms with Gasteiger partial charge in [-0.25, -0.2) is 4.98 Å². The minimum atomic E-state index is -4.68. The van der Waals surface area contributed by atoms with Gasteiger partial charge in [-0.05, 0) is 55.8 Å². The van der Waals surface area contributed by atoms with E-state index in [1.54, 1.807) is 36.9 Å². The predicted octanol–water partition coefficient (Wildman–Crippen LogP) is 6.59. The molecule has 0 saturated carbocycles. The molecule has 0 saturated heterocycles. The zero-order chi connectivity index (χ0) is 26.7. The van der Waals surface area contributed by atoms with Gasteiger partial charge in [0.2, 0.25) is 0 Å². The van der Waals surface area contributed by atoms with E-state index in [1.807, 2.05) is 0 Å². The van der Waals surface area contributed by atoms with Crippen molar-refractivity contribution in [1.82, 2.24) is 4.98 Å². The molecule has 3 aromatic rings. The second-order valence-electron chi connectivity index (χ2n) is 8.42. The number of fused-ring (bicyclic) bond motifs is 1. The van der Waals surface area contributed by atoms with Crippen LogP contribution in [-0.4, -0.2) is 30.1 Å². The molecular formula is C25H22ClF3N4O4. The Hall–Kier alpha value is -3.86. The van der Waals surface area contributed by atoms with Gasteiger partial charge in [-0.2, -0.15) is 18.1 Å². The third kappa shape index (κ3) is 5.77. The van der Waals surface area contributed by atoms with Crippen LogP contribution in [0, 0.1) is 4.91 Å². The maximum atomic E-state index is 13.6. The summed E-state index contributed by atoms with van der Waals surface area (Å²) in [5.74, 6) is -0.348. The molecule has 0 spiro atoms. The van der Waals surface area contributed by atoms with Crippen LogP contribution in [0.1, 0.15) is 35.3 Å². The van der Waals surface area contributed by atoms with E-state index in [2.05, 4.69) is 15.5 Å². The third-order valence-electron chi connectivity index (χ3n) is 5.38. The van der Waals surface area contributed by atoms with E-state index in [0.717, 1.165) is 6.07 Å². The second-order valence-corrected chi connectivity index (χ2v) is 8.83. The molecule has 37 heavy (non-hydrogen) atoms. The van der Waals surface area contributed by atoms with Crippen LogP contribution >= 0.6 is 11.6 Å². The first-order chi connectivity index (χ1) is 17.6. The zero-order valence-corrected chi connectivity index (χ0v) is 20.6. The minimum Gasteiger partial charge on any atom is -0.490 e. The second kappa shape index (κ2) is 10.6. The highest BCUT2D eigenvalue weighted by molar-refractivity contribution is 6.33. The number of anilines is 3. The average molecular weight is 535 g/mol. The molecule has 0 unspecified atom stereocenters. The molecule has 2 heterocycles. The molecule has 1 N–H and O–H groups in total. The summed E-state index contributed by atoms with van der Waals surface area (Å²) in [7, 11) is 0. The van der Waals surface area contributed by atoms with Crippen molar-refractivity contribution in [2.24, 2.45) is 5.18 Å². The number of pyridine rings is 1. The monoisotopic (exact) mass is 534 g/mol. The summed E-state index contributed by atoms with van der Waals surface area (Å²) in [4.78, 5) is 29.8. The van der Waals surface area contributed by atoms with Crippen LogP contribution in [-0.2, 0) is 12.7 Å². The van der Waals surface area contributed by atoms with Crippen molar-refractivity contribution in [2.75, 3.05) is 23.4 Å². The number of rotatable bonds is 7. The van der Waals surface area contributed by atoms with Gasteiger partial charge >= 0.3 is 6.18 Å². The Morgan fingerprint density at radius 1 is 1.27 bits per heavy atom. The van der Waals surface area contributed by atoms with Crippen molar-refractivity contribution >= 4 is 34.7 Å². The maximum Gasteiger partial charge on any atom is 0.420 e. The Balaban J connectivity index is 1.64. The quantitative estimate of drug-likeness (QED) is 0.344. The van der Waals surface area contributed by atoms with Crippen LogP contribution in [0.2, 0.25) is 5.02 Å². The van der Waals surface area contributed by atoms with Crippen molar-refractivity contribution < 1.29 is 27.4 Å². The van der Waals surface area contributed by atoms with Crippen molar-refractivity contribution in [2.45, 2.75) is 32.7 Å². The fourth-order valence-electron chi connectivity index (χ4n) is 3.86. The molecule has 8 nitrogen and oxygen atoms in total. The van der Waals surface area contributed by atoms with E-state index in [0.29, 0.717) is 23.6 Å². The van der Waals surface area contributed by atoms with Gasteiger partial charge in [0, 0.05) is 11.9 Å². The molecule has 1 amide bonds. The fourth-order valence-corrected chi connectivity index (χ4v) is 4.15. The number of hydrogen-bond acceptors (Lipinski definition) is 7. The maximum absolute atomic E-state index is 13.6. The summed E-state index contributed by atoms with van der Waals surface area (Å²) in [6.45, 7) is 3.75. The number of ether oxygens (including phenoxy) is 2. The highest BCUT2D eigenvalue weighted by atomic mass is 35.5. The topological polar surface area (TPSA) is 93.1 Å². The lowest BCUT2D eigenvalue weighted by Crippen LogP contribution is -2.31. The third-order valence-corrected chi connectivity index (χ3v) is 5.66. The molecule has 2 aromatic carbocycles. The summed E-state index contributed by atoms with van der Waals surface area (Å²) in [5, 5.41) is 5.63.